The zero-order valence-electron chi connectivity index (χ0n) is 16.3. The molecular formula is C23H21N5O. The molecule has 0 saturated heterocycles. The minimum atomic E-state index is -0.0254. The van der Waals surface area contributed by atoms with Gasteiger partial charge in [-0.2, -0.15) is 0 Å². The Kier molecular flexibility index (Phi) is 5.24. The highest BCUT2D eigenvalue weighted by atomic mass is 16.1. The number of nitrogens with zero attached hydrogens (tertiary/aromatic N) is 4. The molecule has 144 valence electrons. The molecule has 0 aliphatic rings. The molecule has 0 aliphatic heterocycles. The minimum absolute atomic E-state index is 0.0254. The zero-order chi connectivity index (χ0) is 20.2. The van der Waals surface area contributed by atoms with E-state index in [9.17, 15) is 4.79 Å². The van der Waals surface area contributed by atoms with Crippen LogP contribution in [0.1, 0.15) is 42.4 Å². The van der Waals surface area contributed by atoms with Crippen molar-refractivity contribution in [2.75, 3.05) is 5.32 Å². The lowest BCUT2D eigenvalue weighted by molar-refractivity contribution is 0.0983. The zero-order valence-corrected chi connectivity index (χ0v) is 16.3. The highest BCUT2D eigenvalue weighted by Crippen LogP contribution is 2.28. The molecule has 2 aromatic heterocycles. The van der Waals surface area contributed by atoms with E-state index >= 15 is 0 Å². The van der Waals surface area contributed by atoms with Crippen LogP contribution in [0.25, 0.3) is 22.2 Å². The Morgan fingerprint density at radius 2 is 1.90 bits per heavy atom. The highest BCUT2D eigenvalue weighted by Gasteiger charge is 2.12. The molecule has 0 unspecified atom stereocenters. The number of carbonyl (C=O) groups is 1. The topological polar surface area (TPSA) is 80.7 Å². The third kappa shape index (κ3) is 3.96. The normalized spacial score (nSPS) is 11.9. The number of ketones is 1. The van der Waals surface area contributed by atoms with Crippen LogP contribution in [-0.2, 0) is 0 Å². The van der Waals surface area contributed by atoms with Crippen molar-refractivity contribution >= 4 is 22.5 Å². The van der Waals surface area contributed by atoms with Crippen LogP contribution in [-0.4, -0.2) is 25.7 Å². The van der Waals surface area contributed by atoms with Gasteiger partial charge in [0.05, 0.1) is 23.6 Å². The first-order chi connectivity index (χ1) is 14.2. The fraction of sp³-hybridized carbons (Fsp3) is 0.174. The van der Waals surface area contributed by atoms with Gasteiger partial charge in [-0.25, -0.2) is 15.0 Å². The first-order valence-corrected chi connectivity index (χ1v) is 9.57. The molecule has 29 heavy (non-hydrogen) atoms. The van der Waals surface area contributed by atoms with E-state index in [-0.39, 0.29) is 11.8 Å². The molecule has 0 radical (unpaired) electrons. The van der Waals surface area contributed by atoms with Crippen LogP contribution >= 0.6 is 0 Å². The summed E-state index contributed by atoms with van der Waals surface area (Å²) in [5.41, 5.74) is 3.90. The van der Waals surface area contributed by atoms with E-state index in [1.165, 1.54) is 11.8 Å². The van der Waals surface area contributed by atoms with Crippen molar-refractivity contribution in [2.24, 2.45) is 0 Å². The number of aromatic nitrogens is 4. The van der Waals surface area contributed by atoms with Crippen LogP contribution in [0, 0.1) is 0 Å². The Bertz CT molecular complexity index is 1160. The summed E-state index contributed by atoms with van der Waals surface area (Å²) in [6, 6.07) is 16.1. The number of Topliss-reactive ketones (excluding diaryl/α,β-unsaturated/α-hetero) is 1. The maximum atomic E-state index is 12.0. The lowest BCUT2D eigenvalue weighted by Gasteiger charge is -2.16. The highest BCUT2D eigenvalue weighted by molar-refractivity contribution is 5.95. The smallest absolute Gasteiger partial charge is 0.182 e. The Morgan fingerprint density at radius 3 is 2.69 bits per heavy atom. The number of nitrogens with one attached hydrogen (secondary N) is 1. The van der Waals surface area contributed by atoms with Crippen molar-refractivity contribution in [2.45, 2.75) is 26.3 Å². The number of rotatable bonds is 6. The Labute approximate surface area is 169 Å². The molecule has 0 aliphatic carbocycles. The minimum Gasteiger partial charge on any atom is -0.363 e. The van der Waals surface area contributed by atoms with Crippen molar-refractivity contribution in [1.29, 1.82) is 0 Å². The van der Waals surface area contributed by atoms with Gasteiger partial charge in [0, 0.05) is 23.4 Å². The number of hydrogen-bond donors (Lipinski definition) is 1. The van der Waals surface area contributed by atoms with E-state index < -0.39 is 0 Å². The number of fused-ring (bicyclic) bond motifs is 1. The SMILES string of the molecule is CCC(=O)c1cncc(-c2ccc3ncnc(N[C@H](C)c4ccccc4)c3c2)n1. The second-order valence-electron chi connectivity index (χ2n) is 6.80. The van der Waals surface area contributed by atoms with E-state index in [0.717, 1.165) is 22.3 Å². The van der Waals surface area contributed by atoms with Crippen LogP contribution in [0.15, 0.2) is 67.3 Å². The van der Waals surface area contributed by atoms with E-state index in [1.54, 1.807) is 12.5 Å². The van der Waals surface area contributed by atoms with Crippen LogP contribution in [0.5, 0.6) is 0 Å². The van der Waals surface area contributed by atoms with Gasteiger partial charge in [-0.1, -0.05) is 43.3 Å². The summed E-state index contributed by atoms with van der Waals surface area (Å²) in [6.07, 6.45) is 5.13. The Balaban J connectivity index is 1.72. The van der Waals surface area contributed by atoms with Crippen LogP contribution in [0.4, 0.5) is 5.82 Å². The van der Waals surface area contributed by atoms with Gasteiger partial charge in [0.15, 0.2) is 5.78 Å². The molecule has 6 nitrogen and oxygen atoms in total. The molecular weight excluding hydrogens is 362 g/mol. The Hall–Kier alpha value is -3.67. The fourth-order valence-corrected chi connectivity index (χ4v) is 3.18. The molecule has 2 heterocycles. The maximum absolute atomic E-state index is 12.0. The van der Waals surface area contributed by atoms with Gasteiger partial charge in [0.2, 0.25) is 0 Å². The van der Waals surface area contributed by atoms with Gasteiger partial charge in [-0.3, -0.25) is 9.78 Å². The van der Waals surface area contributed by atoms with Gasteiger partial charge in [0.1, 0.15) is 17.8 Å². The lowest BCUT2D eigenvalue weighted by Crippen LogP contribution is -2.08. The van der Waals surface area contributed by atoms with Crippen LogP contribution in [0.2, 0.25) is 0 Å². The van der Waals surface area contributed by atoms with Gasteiger partial charge >= 0.3 is 0 Å². The van der Waals surface area contributed by atoms with E-state index in [0.29, 0.717) is 17.8 Å². The summed E-state index contributed by atoms with van der Waals surface area (Å²) in [5, 5.41) is 4.37. The maximum Gasteiger partial charge on any atom is 0.182 e. The van der Waals surface area contributed by atoms with Crippen LogP contribution < -0.4 is 5.32 Å². The summed E-state index contributed by atoms with van der Waals surface area (Å²) in [6.45, 7) is 3.91. The molecule has 0 fully saturated rings. The third-order valence-electron chi connectivity index (χ3n) is 4.83. The molecule has 0 bridgehead atoms. The predicted octanol–water partition coefficient (Wildman–Crippen LogP) is 4.85. The van der Waals surface area contributed by atoms with Crippen molar-refractivity contribution in [3.8, 4) is 11.3 Å². The molecule has 0 amide bonds. The summed E-state index contributed by atoms with van der Waals surface area (Å²) in [4.78, 5) is 29.5. The average Bonchev–Trinajstić information content (AvgIpc) is 2.79. The van der Waals surface area contributed by atoms with Crippen molar-refractivity contribution in [3.05, 3.63) is 78.5 Å². The number of hydrogen-bond acceptors (Lipinski definition) is 6. The number of anilines is 1. The van der Waals surface area contributed by atoms with Gasteiger partial charge < -0.3 is 5.32 Å². The second kappa shape index (κ2) is 8.14. The molecule has 1 atom stereocenters. The van der Waals surface area contributed by atoms with E-state index in [1.807, 2.05) is 43.3 Å². The first-order valence-electron chi connectivity index (χ1n) is 9.57. The van der Waals surface area contributed by atoms with E-state index in [4.69, 9.17) is 0 Å². The van der Waals surface area contributed by atoms with Crippen LogP contribution in [0.3, 0.4) is 0 Å². The quantitative estimate of drug-likeness (QED) is 0.479. The summed E-state index contributed by atoms with van der Waals surface area (Å²) in [7, 11) is 0. The summed E-state index contributed by atoms with van der Waals surface area (Å²) < 4.78 is 0. The van der Waals surface area contributed by atoms with Crippen molar-refractivity contribution in [3.63, 3.8) is 0 Å². The second-order valence-corrected chi connectivity index (χ2v) is 6.80. The molecule has 4 rings (SSSR count). The largest absolute Gasteiger partial charge is 0.363 e. The van der Waals surface area contributed by atoms with Gasteiger partial charge in [0.25, 0.3) is 0 Å². The molecule has 1 N–H and O–H groups in total. The summed E-state index contributed by atoms with van der Waals surface area (Å²) in [5.74, 6) is 0.726. The summed E-state index contributed by atoms with van der Waals surface area (Å²) >= 11 is 0. The molecule has 0 saturated carbocycles. The number of carbonyl (C=O) groups excluding carboxylic acids is 1. The Morgan fingerprint density at radius 1 is 1.07 bits per heavy atom. The monoisotopic (exact) mass is 383 g/mol. The van der Waals surface area contributed by atoms with Crippen molar-refractivity contribution in [1.82, 2.24) is 19.9 Å². The van der Waals surface area contributed by atoms with Crippen molar-refractivity contribution < 1.29 is 4.79 Å². The van der Waals surface area contributed by atoms with E-state index in [2.05, 4.69) is 44.3 Å². The number of benzene rings is 2. The average molecular weight is 383 g/mol. The molecule has 4 aromatic rings. The van der Waals surface area contributed by atoms with Gasteiger partial charge in [-0.05, 0) is 24.6 Å². The first kappa shape index (κ1) is 18.7. The molecule has 0 spiro atoms. The lowest BCUT2D eigenvalue weighted by atomic mass is 10.1. The third-order valence-corrected chi connectivity index (χ3v) is 4.83. The fourth-order valence-electron chi connectivity index (χ4n) is 3.18. The predicted molar refractivity (Wildman–Crippen MR) is 114 cm³/mol. The van der Waals surface area contributed by atoms with Gasteiger partial charge in [-0.15, -0.1) is 0 Å². The molecule has 2 aromatic carbocycles. The molecule has 6 heteroatoms. The standard InChI is InChI=1S/C23H21N5O/c1-3-22(29)21-13-24-12-20(28-21)17-9-10-19-18(11-17)23(26-14-25-19)27-15(2)16-7-5-4-6-8-16/h4-15H,3H2,1-2H3,(H,25,26,27)/t15-/m1/s1.